The van der Waals surface area contributed by atoms with E-state index in [0.717, 1.165) is 12.2 Å². The van der Waals surface area contributed by atoms with Crippen LogP contribution in [0.5, 0.6) is 0 Å². The second kappa shape index (κ2) is 9.75. The lowest BCUT2D eigenvalue weighted by Crippen LogP contribution is -2.19. The summed E-state index contributed by atoms with van der Waals surface area (Å²) in [5.41, 5.74) is 0. The van der Waals surface area contributed by atoms with Crippen LogP contribution < -0.4 is 0 Å². The van der Waals surface area contributed by atoms with Gasteiger partial charge >= 0.3 is 5.97 Å². The van der Waals surface area contributed by atoms with Crippen molar-refractivity contribution in [3.8, 4) is 0 Å². The van der Waals surface area contributed by atoms with E-state index in [1.165, 1.54) is 0 Å². The molecule has 0 rings (SSSR count). The van der Waals surface area contributed by atoms with Gasteiger partial charge in [0, 0.05) is 0 Å². The first-order valence-corrected chi connectivity index (χ1v) is 7.44. The molecule has 0 fully saturated rings. The summed E-state index contributed by atoms with van der Waals surface area (Å²) in [7, 11) is 0. The highest BCUT2D eigenvalue weighted by molar-refractivity contribution is 8.00. The van der Waals surface area contributed by atoms with Crippen LogP contribution in [0, 0.1) is 5.92 Å². The van der Waals surface area contributed by atoms with Crippen molar-refractivity contribution in [1.29, 1.82) is 0 Å². The molecule has 0 aromatic carbocycles. The summed E-state index contributed by atoms with van der Waals surface area (Å²) in [4.78, 5) is 11.5. The average Bonchev–Trinajstić information content (AvgIpc) is 2.30. The van der Waals surface area contributed by atoms with Crippen LogP contribution in [0.4, 0.5) is 4.39 Å². The number of esters is 1. The molecular weight excluding hydrogens is 239 g/mol. The molecule has 2 nitrogen and oxygen atoms in total. The Morgan fingerprint density at radius 3 is 2.53 bits per heavy atom. The van der Waals surface area contributed by atoms with Gasteiger partial charge in [0.2, 0.25) is 0 Å². The summed E-state index contributed by atoms with van der Waals surface area (Å²) in [5, 5.41) is -0.145. The zero-order valence-corrected chi connectivity index (χ0v) is 12.2. The number of rotatable bonds is 9. The summed E-state index contributed by atoms with van der Waals surface area (Å²) in [6.07, 6.45) is 1.30. The fourth-order valence-electron chi connectivity index (χ4n) is 1.20. The van der Waals surface area contributed by atoms with E-state index in [2.05, 4.69) is 0 Å². The molecule has 0 aromatic rings. The molecule has 0 N–H and O–H groups in total. The Hall–Kier alpha value is -0.250. The van der Waals surface area contributed by atoms with E-state index in [1.54, 1.807) is 11.8 Å². The van der Waals surface area contributed by atoms with E-state index in [0.29, 0.717) is 25.4 Å². The lowest BCUT2D eigenvalue weighted by molar-refractivity contribution is -0.143. The monoisotopic (exact) mass is 264 g/mol. The molecule has 0 spiro atoms. The second-order valence-corrected chi connectivity index (χ2v) is 6.13. The van der Waals surface area contributed by atoms with Crippen molar-refractivity contribution in [3.63, 3.8) is 0 Å². The molecule has 0 aliphatic rings. The third-order valence-electron chi connectivity index (χ3n) is 2.36. The number of carbonyl (C=O) groups is 1. The summed E-state index contributed by atoms with van der Waals surface area (Å²) in [5.74, 6) is 1.03. The van der Waals surface area contributed by atoms with Gasteiger partial charge in [0.1, 0.15) is 0 Å². The van der Waals surface area contributed by atoms with Gasteiger partial charge in [-0.25, -0.2) is 4.39 Å². The first-order valence-electron chi connectivity index (χ1n) is 6.39. The highest BCUT2D eigenvalue weighted by atomic mass is 32.2. The Bertz CT molecular complexity index is 210. The molecular formula is C13H25FO2S. The van der Waals surface area contributed by atoms with E-state index < -0.39 is 6.17 Å². The van der Waals surface area contributed by atoms with Crippen LogP contribution in [0.15, 0.2) is 0 Å². The highest BCUT2D eigenvalue weighted by Crippen LogP contribution is 2.16. The van der Waals surface area contributed by atoms with Crippen LogP contribution in [0.25, 0.3) is 0 Å². The first kappa shape index (κ1) is 16.8. The van der Waals surface area contributed by atoms with Crippen LogP contribution in [0.2, 0.25) is 0 Å². The largest absolute Gasteiger partial charge is 0.465 e. The van der Waals surface area contributed by atoms with Gasteiger partial charge in [0.05, 0.1) is 18.0 Å². The molecule has 0 bridgehead atoms. The van der Waals surface area contributed by atoms with E-state index in [1.807, 2.05) is 27.7 Å². The maximum atomic E-state index is 12.9. The third-order valence-corrected chi connectivity index (χ3v) is 3.58. The molecule has 0 aromatic heterocycles. The fourth-order valence-corrected chi connectivity index (χ4v) is 2.09. The van der Waals surface area contributed by atoms with Crippen LogP contribution in [-0.2, 0) is 9.53 Å². The second-order valence-electron chi connectivity index (χ2n) is 4.68. The third kappa shape index (κ3) is 9.45. The van der Waals surface area contributed by atoms with Crippen LogP contribution in [0.1, 0.15) is 47.0 Å². The molecule has 0 aliphatic carbocycles. The maximum Gasteiger partial charge on any atom is 0.318 e. The lowest BCUT2D eigenvalue weighted by Gasteiger charge is -2.12. The van der Waals surface area contributed by atoms with Crippen LogP contribution >= 0.6 is 11.8 Å². The van der Waals surface area contributed by atoms with Gasteiger partial charge in [-0.1, -0.05) is 20.8 Å². The van der Waals surface area contributed by atoms with Gasteiger partial charge in [0.25, 0.3) is 0 Å². The standard InChI is InChI=1S/C13H25FO2S/c1-5-12(14)7-6-8-17-11(4)13(15)16-9-10(2)3/h10-12H,5-9H2,1-4H3. The molecule has 0 heterocycles. The maximum absolute atomic E-state index is 12.9. The number of alkyl halides is 1. The SMILES string of the molecule is CCC(F)CCCSC(C)C(=O)OCC(C)C. The summed E-state index contributed by atoms with van der Waals surface area (Å²) >= 11 is 1.55. The Morgan fingerprint density at radius 1 is 1.35 bits per heavy atom. The zero-order valence-electron chi connectivity index (χ0n) is 11.4. The number of hydrogen-bond acceptors (Lipinski definition) is 3. The van der Waals surface area contributed by atoms with Crippen molar-refractivity contribution in [2.24, 2.45) is 5.92 Å². The number of thioether (sulfide) groups is 1. The predicted molar refractivity (Wildman–Crippen MR) is 72.1 cm³/mol. The van der Waals surface area contributed by atoms with Gasteiger partial charge in [-0.3, -0.25) is 4.79 Å². The Balaban J connectivity index is 3.57. The minimum Gasteiger partial charge on any atom is -0.465 e. The molecule has 0 saturated carbocycles. The zero-order chi connectivity index (χ0) is 13.3. The minimum absolute atomic E-state index is 0.145. The van der Waals surface area contributed by atoms with Crippen molar-refractivity contribution >= 4 is 17.7 Å². The Morgan fingerprint density at radius 2 is 2.00 bits per heavy atom. The van der Waals surface area contributed by atoms with Crippen molar-refractivity contribution in [1.82, 2.24) is 0 Å². The van der Waals surface area contributed by atoms with Crippen LogP contribution in [0.3, 0.4) is 0 Å². The van der Waals surface area contributed by atoms with E-state index in [-0.39, 0.29) is 11.2 Å². The van der Waals surface area contributed by atoms with Gasteiger partial charge in [-0.05, 0) is 37.9 Å². The van der Waals surface area contributed by atoms with Gasteiger partial charge in [-0.15, -0.1) is 11.8 Å². The smallest absolute Gasteiger partial charge is 0.318 e. The molecule has 102 valence electrons. The van der Waals surface area contributed by atoms with Gasteiger partial charge in [0.15, 0.2) is 0 Å². The normalized spacial score (nSPS) is 14.7. The molecule has 0 amide bonds. The molecule has 0 aliphatic heterocycles. The molecule has 4 heteroatoms. The number of halogens is 1. The van der Waals surface area contributed by atoms with Crippen molar-refractivity contribution < 1.29 is 13.9 Å². The Kier molecular flexibility index (Phi) is 9.60. The molecule has 2 atom stereocenters. The minimum atomic E-state index is -0.696. The van der Waals surface area contributed by atoms with E-state index >= 15 is 0 Å². The van der Waals surface area contributed by atoms with Crippen LogP contribution in [-0.4, -0.2) is 29.8 Å². The molecule has 0 radical (unpaired) electrons. The van der Waals surface area contributed by atoms with E-state index in [4.69, 9.17) is 4.74 Å². The number of carbonyl (C=O) groups excluding carboxylic acids is 1. The fraction of sp³-hybridized carbons (Fsp3) is 0.923. The highest BCUT2D eigenvalue weighted by Gasteiger charge is 2.15. The predicted octanol–water partition coefficient (Wildman–Crippen LogP) is 3.84. The summed E-state index contributed by atoms with van der Waals surface area (Å²) in [6, 6.07) is 0. The van der Waals surface area contributed by atoms with Crippen molar-refractivity contribution in [2.75, 3.05) is 12.4 Å². The van der Waals surface area contributed by atoms with Gasteiger partial charge < -0.3 is 4.74 Å². The summed E-state index contributed by atoms with van der Waals surface area (Å²) < 4.78 is 18.1. The molecule has 17 heavy (non-hydrogen) atoms. The van der Waals surface area contributed by atoms with Crippen molar-refractivity contribution in [2.45, 2.75) is 58.4 Å². The molecule has 2 unspecified atom stereocenters. The number of hydrogen-bond donors (Lipinski definition) is 0. The van der Waals surface area contributed by atoms with Gasteiger partial charge in [-0.2, -0.15) is 0 Å². The Labute approximate surface area is 109 Å². The first-order chi connectivity index (χ1) is 7.97. The van der Waals surface area contributed by atoms with Crippen molar-refractivity contribution in [3.05, 3.63) is 0 Å². The molecule has 0 saturated heterocycles. The summed E-state index contributed by atoms with van der Waals surface area (Å²) in [6.45, 7) is 8.20. The number of ether oxygens (including phenoxy) is 1. The van der Waals surface area contributed by atoms with E-state index in [9.17, 15) is 9.18 Å². The lowest BCUT2D eigenvalue weighted by atomic mass is 10.2. The topological polar surface area (TPSA) is 26.3 Å². The quantitative estimate of drug-likeness (QED) is 0.467. The average molecular weight is 264 g/mol.